The zero-order valence-electron chi connectivity index (χ0n) is 24.7. The number of methoxy groups -OCH3 is 1. The molecule has 1 aromatic carbocycles. The molecule has 1 saturated heterocycles. The molecule has 11 atom stereocenters. The molecule has 244 valence electrons. The van der Waals surface area contributed by atoms with Gasteiger partial charge in [0.1, 0.15) is 36.3 Å². The first-order valence-electron chi connectivity index (χ1n) is 14.5. The second-order valence-corrected chi connectivity index (χ2v) is 12.0. The zero-order chi connectivity index (χ0) is 32.3. The molecular weight excluding hydrogens is 580 g/mol. The van der Waals surface area contributed by atoms with Crippen molar-refractivity contribution in [2.45, 2.75) is 81.6 Å². The van der Waals surface area contributed by atoms with Crippen LogP contribution >= 0.6 is 0 Å². The first kappa shape index (κ1) is 34.0. The Balaban J connectivity index is 1.56. The summed E-state index contributed by atoms with van der Waals surface area (Å²) in [6.07, 6.45) is -8.26. The van der Waals surface area contributed by atoms with Crippen LogP contribution in [0.1, 0.15) is 31.7 Å². The number of fused-ring (bicyclic) bond motifs is 1. The summed E-state index contributed by atoms with van der Waals surface area (Å²) in [4.78, 5) is 25.4. The van der Waals surface area contributed by atoms with Crippen molar-refractivity contribution in [2.75, 3.05) is 20.3 Å². The summed E-state index contributed by atoms with van der Waals surface area (Å²) in [5.74, 6) is -2.90. The third-order valence-electron chi connectivity index (χ3n) is 9.24. The van der Waals surface area contributed by atoms with E-state index in [1.807, 2.05) is 6.92 Å². The van der Waals surface area contributed by atoms with E-state index in [1.54, 1.807) is 18.2 Å². The maximum atomic E-state index is 13.0. The molecule has 0 aromatic heterocycles. The van der Waals surface area contributed by atoms with Crippen LogP contribution in [0.15, 0.2) is 48.1 Å². The summed E-state index contributed by atoms with van der Waals surface area (Å²) in [5.41, 5.74) is 0.365. The Labute approximate surface area is 254 Å². The molecule has 1 aromatic rings. The lowest BCUT2D eigenvalue weighted by molar-refractivity contribution is -0.299. The Hall–Kier alpha value is -2.88. The van der Waals surface area contributed by atoms with Crippen molar-refractivity contribution in [3.05, 3.63) is 53.6 Å². The van der Waals surface area contributed by atoms with Gasteiger partial charge in [-0.15, -0.1) is 0 Å². The second-order valence-electron chi connectivity index (χ2n) is 12.0. The number of hydrogen-bond acceptors (Lipinski definition) is 13. The Bertz CT molecular complexity index is 1210. The van der Waals surface area contributed by atoms with Crippen molar-refractivity contribution in [3.63, 3.8) is 0 Å². The Morgan fingerprint density at radius 1 is 1.09 bits per heavy atom. The van der Waals surface area contributed by atoms with Gasteiger partial charge in [0, 0.05) is 35.7 Å². The normalized spacial score (nSPS) is 36.0. The number of rotatable bonds is 10. The summed E-state index contributed by atoms with van der Waals surface area (Å²) in [5, 5.41) is 72.0. The predicted molar refractivity (Wildman–Crippen MR) is 152 cm³/mol. The lowest BCUT2D eigenvalue weighted by atomic mass is 9.54. The van der Waals surface area contributed by atoms with E-state index in [0.29, 0.717) is 24.0 Å². The highest BCUT2D eigenvalue weighted by atomic mass is 16.7. The maximum Gasteiger partial charge on any atom is 0.335 e. The average molecular weight is 623 g/mol. The average Bonchev–Trinajstić information content (AvgIpc) is 3.00. The van der Waals surface area contributed by atoms with Gasteiger partial charge in [-0.1, -0.05) is 31.7 Å². The smallest absolute Gasteiger partial charge is 0.335 e. The monoisotopic (exact) mass is 622 g/mol. The molecule has 4 rings (SSSR count). The molecule has 13 heteroatoms. The van der Waals surface area contributed by atoms with Crippen LogP contribution in [0.3, 0.4) is 0 Å². The molecule has 1 saturated carbocycles. The van der Waals surface area contributed by atoms with Crippen LogP contribution in [0.5, 0.6) is 5.75 Å². The van der Waals surface area contributed by atoms with Crippen molar-refractivity contribution in [3.8, 4) is 5.75 Å². The lowest BCUT2D eigenvalue weighted by Crippen LogP contribution is -2.59. The zero-order valence-corrected chi connectivity index (χ0v) is 24.7. The number of benzene rings is 1. The van der Waals surface area contributed by atoms with E-state index in [1.165, 1.54) is 19.2 Å². The minimum atomic E-state index is -1.64. The Kier molecular flexibility index (Phi) is 10.9. The van der Waals surface area contributed by atoms with Crippen LogP contribution in [-0.4, -0.2) is 117 Å². The summed E-state index contributed by atoms with van der Waals surface area (Å²) in [6, 6.07) is 6.06. The van der Waals surface area contributed by atoms with Gasteiger partial charge >= 0.3 is 11.9 Å². The predicted octanol–water partition coefficient (Wildman–Crippen LogP) is -0.523. The van der Waals surface area contributed by atoms with E-state index in [-0.39, 0.29) is 30.8 Å². The van der Waals surface area contributed by atoms with Gasteiger partial charge in [0.05, 0.1) is 26.4 Å². The van der Waals surface area contributed by atoms with E-state index in [4.69, 9.17) is 18.9 Å². The summed E-state index contributed by atoms with van der Waals surface area (Å²) in [6.45, 7) is 4.84. The standard InChI is InChI=1S/C31H42O13/c1-15(28(39)41-3)19-10-11-31(2)22(44-29(40)20(34)12-16-4-7-18(33)8-5-16)9-6-17(23(31)24(19)35)14-42-30-27(38)26(37)25(36)21(13-32)43-30/h4-8,19-27,30,32-38H,1,9-14H2,2-3H3/t19-,20?,21+,22+,23+,24-,25+,26-,27+,30+,31-/m0/s1. The van der Waals surface area contributed by atoms with Crippen LogP contribution < -0.4 is 0 Å². The molecule has 0 amide bonds. The van der Waals surface area contributed by atoms with E-state index in [9.17, 15) is 45.3 Å². The topological polar surface area (TPSA) is 213 Å². The van der Waals surface area contributed by atoms with E-state index in [0.717, 1.165) is 0 Å². The van der Waals surface area contributed by atoms with Gasteiger partial charge in [0.15, 0.2) is 12.4 Å². The number of hydrogen-bond donors (Lipinski definition) is 7. The number of aliphatic hydroxyl groups is 6. The summed E-state index contributed by atoms with van der Waals surface area (Å²) in [7, 11) is 1.21. The van der Waals surface area contributed by atoms with Crippen LogP contribution in [0.4, 0.5) is 0 Å². The largest absolute Gasteiger partial charge is 0.508 e. The third-order valence-corrected chi connectivity index (χ3v) is 9.24. The molecule has 0 radical (unpaired) electrons. The fourth-order valence-electron chi connectivity index (χ4n) is 6.61. The highest BCUT2D eigenvalue weighted by molar-refractivity contribution is 5.88. The van der Waals surface area contributed by atoms with Gasteiger partial charge < -0.3 is 54.7 Å². The van der Waals surface area contributed by atoms with Crippen LogP contribution in [0.25, 0.3) is 0 Å². The van der Waals surface area contributed by atoms with E-state index < -0.39 is 84.8 Å². The van der Waals surface area contributed by atoms with Gasteiger partial charge in [-0.2, -0.15) is 0 Å². The molecule has 7 N–H and O–H groups in total. The molecular formula is C31H42O13. The Morgan fingerprint density at radius 2 is 1.77 bits per heavy atom. The van der Waals surface area contributed by atoms with Gasteiger partial charge in [0.2, 0.25) is 0 Å². The molecule has 13 nitrogen and oxygen atoms in total. The van der Waals surface area contributed by atoms with Gasteiger partial charge in [-0.25, -0.2) is 9.59 Å². The quantitative estimate of drug-likeness (QED) is 0.0995. The summed E-state index contributed by atoms with van der Waals surface area (Å²) >= 11 is 0. The second kappa shape index (κ2) is 14.0. The molecule has 2 fully saturated rings. The van der Waals surface area contributed by atoms with Crippen LogP contribution in [0, 0.1) is 17.3 Å². The molecule has 0 bridgehead atoms. The lowest BCUT2D eigenvalue weighted by Gasteiger charge is -2.54. The molecule has 0 spiro atoms. The summed E-state index contributed by atoms with van der Waals surface area (Å²) < 4.78 is 21.9. The van der Waals surface area contributed by atoms with Gasteiger partial charge in [0.25, 0.3) is 0 Å². The fourth-order valence-corrected chi connectivity index (χ4v) is 6.61. The molecule has 1 heterocycles. The van der Waals surface area contributed by atoms with E-state index >= 15 is 0 Å². The first-order valence-corrected chi connectivity index (χ1v) is 14.5. The number of esters is 2. The van der Waals surface area contributed by atoms with Crippen molar-refractivity contribution in [1.82, 2.24) is 0 Å². The minimum Gasteiger partial charge on any atom is -0.508 e. The van der Waals surface area contributed by atoms with Crippen LogP contribution in [-0.2, 0) is 35.0 Å². The molecule has 1 aliphatic heterocycles. The van der Waals surface area contributed by atoms with Crippen molar-refractivity contribution in [1.29, 1.82) is 0 Å². The number of aromatic hydroxyl groups is 1. The van der Waals surface area contributed by atoms with Crippen molar-refractivity contribution < 1.29 is 64.3 Å². The van der Waals surface area contributed by atoms with Gasteiger partial charge in [-0.05, 0) is 36.1 Å². The van der Waals surface area contributed by atoms with Crippen LogP contribution in [0.2, 0.25) is 0 Å². The van der Waals surface area contributed by atoms with Crippen molar-refractivity contribution in [2.24, 2.45) is 17.3 Å². The Morgan fingerprint density at radius 3 is 2.41 bits per heavy atom. The maximum absolute atomic E-state index is 13.0. The SMILES string of the molecule is C=C(C(=O)OC)[C@@H]1CC[C@]2(C)[C@H](C(CO[C@@H]3O[C@H](CO)[C@@H](O)[C@H](O)[C@H]3O)=CC[C@H]2OC(=O)C(O)Cc2ccc(O)cc2)[C@H]1O. The molecule has 3 aliphatic rings. The number of phenols is 1. The molecule has 44 heavy (non-hydrogen) atoms. The highest BCUT2D eigenvalue weighted by Crippen LogP contribution is 2.54. The van der Waals surface area contributed by atoms with Gasteiger partial charge in [-0.3, -0.25) is 0 Å². The highest BCUT2D eigenvalue weighted by Gasteiger charge is 2.56. The fraction of sp³-hybridized carbons (Fsp3) is 0.613. The van der Waals surface area contributed by atoms with E-state index in [2.05, 4.69) is 6.58 Å². The number of carbonyl (C=O) groups excluding carboxylic acids is 2. The third kappa shape index (κ3) is 6.85. The number of ether oxygens (including phenoxy) is 4. The van der Waals surface area contributed by atoms with Crippen molar-refractivity contribution >= 4 is 11.9 Å². The minimum absolute atomic E-state index is 0.0380. The number of carbonyl (C=O) groups is 2. The molecule has 1 unspecified atom stereocenters. The number of phenolic OH excluding ortho intramolecular Hbond substituents is 1. The molecule has 2 aliphatic carbocycles. The number of aliphatic hydroxyl groups excluding tert-OH is 6. The first-order chi connectivity index (χ1) is 20.8.